The first-order chi connectivity index (χ1) is 15.0. The number of para-hydroxylation sites is 2. The molecule has 1 N–H and O–H groups in total. The molecule has 0 radical (unpaired) electrons. The van der Waals surface area contributed by atoms with Gasteiger partial charge in [-0.2, -0.15) is 0 Å². The Morgan fingerprint density at radius 3 is 2.55 bits per heavy atom. The number of hydrogen-bond donors (Lipinski definition) is 1. The minimum Gasteiger partial charge on any atom is -0.477 e. The van der Waals surface area contributed by atoms with Crippen LogP contribution in [0.2, 0.25) is 0 Å². The molecule has 4 rings (SSSR count). The van der Waals surface area contributed by atoms with Crippen LogP contribution in [0.15, 0.2) is 76.1 Å². The maximum Gasteiger partial charge on any atom is 0.341 e. The van der Waals surface area contributed by atoms with E-state index in [2.05, 4.69) is 20.9 Å². The number of aromatic carboxylic acids is 1. The summed E-state index contributed by atoms with van der Waals surface area (Å²) in [5, 5.41) is 9.76. The van der Waals surface area contributed by atoms with Gasteiger partial charge in [-0.3, -0.25) is 4.79 Å². The van der Waals surface area contributed by atoms with Gasteiger partial charge in [0.25, 0.3) is 0 Å². The summed E-state index contributed by atoms with van der Waals surface area (Å²) in [6, 6.07) is 18.8. The fourth-order valence-corrected chi connectivity index (χ4v) is 3.95. The van der Waals surface area contributed by atoms with Crippen LogP contribution in [0.4, 0.5) is 0 Å². The van der Waals surface area contributed by atoms with Crippen molar-refractivity contribution in [3.8, 4) is 11.5 Å². The monoisotopic (exact) mass is 478 g/mol. The van der Waals surface area contributed by atoms with Gasteiger partial charge in [-0.25, -0.2) is 9.78 Å². The zero-order valence-electron chi connectivity index (χ0n) is 16.7. The first kappa shape index (κ1) is 20.8. The van der Waals surface area contributed by atoms with Gasteiger partial charge >= 0.3 is 5.97 Å². The summed E-state index contributed by atoms with van der Waals surface area (Å²) in [4.78, 5) is 29.0. The Morgan fingerprint density at radius 2 is 1.84 bits per heavy atom. The van der Waals surface area contributed by atoms with Crippen LogP contribution in [0.25, 0.3) is 11.0 Å². The molecule has 0 spiro atoms. The van der Waals surface area contributed by atoms with Gasteiger partial charge in [0.2, 0.25) is 5.43 Å². The summed E-state index contributed by atoms with van der Waals surface area (Å²) < 4.78 is 8.62. The highest BCUT2D eigenvalue weighted by molar-refractivity contribution is 9.10. The molecule has 0 unspecified atom stereocenters. The summed E-state index contributed by atoms with van der Waals surface area (Å²) in [6.07, 6.45) is 1.87. The number of aromatic nitrogens is 2. The fraction of sp³-hybridized carbons (Fsp3) is 0.125. The molecule has 2 aromatic carbocycles. The SMILES string of the molecule is CCc1c(C(=O)O)c(=O)c2ncc(Br)cc2n1Cc1ccccc1Oc1ccccc1. The van der Waals surface area contributed by atoms with Crippen LogP contribution in [0.5, 0.6) is 11.5 Å². The number of carboxylic acids is 1. The van der Waals surface area contributed by atoms with E-state index >= 15 is 0 Å². The standard InChI is InChI=1S/C24H19BrN2O4/c1-2-18-21(24(29)30)23(28)22-19(12-16(25)13-26-22)27(18)14-15-8-6-7-11-20(15)31-17-9-4-3-5-10-17/h3-13H,2,14H2,1H3,(H,29,30). The molecule has 0 atom stereocenters. The van der Waals surface area contributed by atoms with E-state index in [4.69, 9.17) is 4.74 Å². The van der Waals surface area contributed by atoms with Gasteiger partial charge < -0.3 is 14.4 Å². The zero-order valence-corrected chi connectivity index (χ0v) is 18.3. The molecule has 0 saturated heterocycles. The first-order valence-corrected chi connectivity index (χ1v) is 10.5. The van der Waals surface area contributed by atoms with Gasteiger partial charge in [0.1, 0.15) is 22.6 Å². The van der Waals surface area contributed by atoms with E-state index in [1.54, 1.807) is 6.07 Å². The van der Waals surface area contributed by atoms with Gasteiger partial charge in [-0.05, 0) is 46.6 Å². The first-order valence-electron chi connectivity index (χ1n) is 9.74. The van der Waals surface area contributed by atoms with E-state index in [1.165, 1.54) is 6.20 Å². The van der Waals surface area contributed by atoms with Gasteiger partial charge in [0.05, 0.1) is 12.1 Å². The Bertz CT molecular complexity index is 1330. The molecule has 0 aliphatic heterocycles. The van der Waals surface area contributed by atoms with E-state index in [9.17, 15) is 14.7 Å². The average Bonchev–Trinajstić information content (AvgIpc) is 2.76. The third kappa shape index (κ3) is 4.09. The van der Waals surface area contributed by atoms with Crippen molar-refractivity contribution in [2.24, 2.45) is 0 Å². The number of rotatable bonds is 6. The largest absolute Gasteiger partial charge is 0.477 e. The molecule has 0 bridgehead atoms. The van der Waals surface area contributed by atoms with Crippen molar-refractivity contribution in [2.75, 3.05) is 0 Å². The number of ether oxygens (including phenoxy) is 1. The van der Waals surface area contributed by atoms with Crippen molar-refractivity contribution in [3.05, 3.63) is 98.4 Å². The van der Waals surface area contributed by atoms with Crippen LogP contribution in [0, 0.1) is 0 Å². The quantitative estimate of drug-likeness (QED) is 0.408. The Kier molecular flexibility index (Phi) is 5.86. The third-order valence-corrected chi connectivity index (χ3v) is 5.44. The number of nitrogens with zero attached hydrogens (tertiary/aromatic N) is 2. The number of fused-ring (bicyclic) bond motifs is 1. The Morgan fingerprint density at radius 1 is 1.13 bits per heavy atom. The Labute approximate surface area is 186 Å². The van der Waals surface area contributed by atoms with Gasteiger partial charge in [-0.15, -0.1) is 0 Å². The molecule has 0 amide bonds. The molecule has 156 valence electrons. The van der Waals surface area contributed by atoms with E-state index < -0.39 is 11.4 Å². The number of pyridine rings is 2. The zero-order chi connectivity index (χ0) is 22.0. The lowest BCUT2D eigenvalue weighted by Crippen LogP contribution is -2.25. The lowest BCUT2D eigenvalue weighted by atomic mass is 10.1. The third-order valence-electron chi connectivity index (χ3n) is 5.00. The van der Waals surface area contributed by atoms with Crippen LogP contribution < -0.4 is 10.2 Å². The molecule has 0 aliphatic carbocycles. The van der Waals surface area contributed by atoms with Crippen molar-refractivity contribution < 1.29 is 14.6 Å². The minimum atomic E-state index is -1.25. The normalized spacial score (nSPS) is 10.9. The van der Waals surface area contributed by atoms with E-state index in [0.29, 0.717) is 40.1 Å². The molecule has 0 aliphatic rings. The van der Waals surface area contributed by atoms with Crippen molar-refractivity contribution in [1.82, 2.24) is 9.55 Å². The summed E-state index contributed by atoms with van der Waals surface area (Å²) in [5.74, 6) is 0.101. The molecule has 31 heavy (non-hydrogen) atoms. The van der Waals surface area contributed by atoms with E-state index in [-0.39, 0.29) is 11.1 Å². The second kappa shape index (κ2) is 8.73. The predicted molar refractivity (Wildman–Crippen MR) is 122 cm³/mol. The Balaban J connectivity index is 1.92. The highest BCUT2D eigenvalue weighted by Gasteiger charge is 2.22. The summed E-state index contributed by atoms with van der Waals surface area (Å²) >= 11 is 3.41. The maximum atomic E-state index is 12.9. The number of carbonyl (C=O) groups is 1. The smallest absolute Gasteiger partial charge is 0.341 e. The topological polar surface area (TPSA) is 81.4 Å². The van der Waals surface area contributed by atoms with Crippen molar-refractivity contribution in [1.29, 1.82) is 0 Å². The van der Waals surface area contributed by atoms with Crippen LogP contribution in [-0.4, -0.2) is 20.6 Å². The minimum absolute atomic E-state index is 0.124. The molecule has 6 nitrogen and oxygen atoms in total. The molecule has 7 heteroatoms. The molecular weight excluding hydrogens is 460 g/mol. The van der Waals surface area contributed by atoms with E-state index in [0.717, 1.165) is 5.56 Å². The average molecular weight is 479 g/mol. The second-order valence-electron chi connectivity index (χ2n) is 6.94. The predicted octanol–water partition coefficient (Wildman–Crippen LogP) is 5.26. The molecular formula is C24H19BrN2O4. The van der Waals surface area contributed by atoms with Gasteiger partial charge in [-0.1, -0.05) is 43.3 Å². The summed E-state index contributed by atoms with van der Waals surface area (Å²) in [6.45, 7) is 2.16. The van der Waals surface area contributed by atoms with Crippen LogP contribution in [-0.2, 0) is 13.0 Å². The molecule has 2 heterocycles. The number of carboxylic acid groups (broad SMARTS) is 1. The highest BCUT2D eigenvalue weighted by Crippen LogP contribution is 2.28. The number of hydrogen-bond acceptors (Lipinski definition) is 4. The van der Waals surface area contributed by atoms with Crippen LogP contribution in [0.1, 0.15) is 28.5 Å². The maximum absolute atomic E-state index is 12.9. The van der Waals surface area contributed by atoms with E-state index in [1.807, 2.05) is 66.1 Å². The van der Waals surface area contributed by atoms with Crippen molar-refractivity contribution in [2.45, 2.75) is 19.9 Å². The lowest BCUT2D eigenvalue weighted by molar-refractivity contribution is 0.0693. The Hall–Kier alpha value is -3.45. The van der Waals surface area contributed by atoms with Crippen LogP contribution >= 0.6 is 15.9 Å². The van der Waals surface area contributed by atoms with Crippen LogP contribution in [0.3, 0.4) is 0 Å². The number of halogens is 1. The summed E-state index contributed by atoms with van der Waals surface area (Å²) in [5.41, 5.74) is 1.17. The molecule has 0 fully saturated rings. The second-order valence-corrected chi connectivity index (χ2v) is 7.86. The number of benzene rings is 2. The van der Waals surface area contributed by atoms with Gasteiger partial charge in [0, 0.05) is 21.9 Å². The lowest BCUT2D eigenvalue weighted by Gasteiger charge is -2.20. The fourth-order valence-electron chi connectivity index (χ4n) is 3.63. The molecule has 4 aromatic rings. The highest BCUT2D eigenvalue weighted by atomic mass is 79.9. The summed E-state index contributed by atoms with van der Waals surface area (Å²) in [7, 11) is 0. The molecule has 0 saturated carbocycles. The van der Waals surface area contributed by atoms with Gasteiger partial charge in [0.15, 0.2) is 0 Å². The van der Waals surface area contributed by atoms with Crippen molar-refractivity contribution in [3.63, 3.8) is 0 Å². The molecule has 2 aromatic heterocycles. The van der Waals surface area contributed by atoms with Crippen molar-refractivity contribution >= 4 is 32.9 Å².